The smallest absolute Gasteiger partial charge is 0.416 e. The van der Waals surface area contributed by atoms with Crippen LogP contribution in [0.5, 0.6) is 0 Å². The highest BCUT2D eigenvalue weighted by molar-refractivity contribution is 6.11. The zero-order valence-electron chi connectivity index (χ0n) is 28.5. The van der Waals surface area contributed by atoms with Gasteiger partial charge in [-0.1, -0.05) is 84.9 Å². The van der Waals surface area contributed by atoms with Gasteiger partial charge in [0.1, 0.15) is 0 Å². The summed E-state index contributed by atoms with van der Waals surface area (Å²) in [6, 6.07) is 47.0. The maximum absolute atomic E-state index is 11.9. The van der Waals surface area contributed by atoms with Gasteiger partial charge >= 0.3 is 12.2 Å². The fourth-order valence-corrected chi connectivity index (χ4v) is 7.05. The van der Waals surface area contributed by atoms with E-state index in [1.54, 1.807) is 12.1 Å². The second-order valence-electron chi connectivity index (χ2n) is 12.2. The summed E-state index contributed by atoms with van der Waals surface area (Å²) in [4.78, 5) is 26.5. The van der Waals surface area contributed by atoms with E-state index in [1.165, 1.54) is 20.8 Å². The predicted octanol–water partition coefficient (Wildman–Crippen LogP) is 11.1. The van der Waals surface area contributed by atoms with Gasteiger partial charge in [-0.3, -0.25) is 4.90 Å². The van der Waals surface area contributed by atoms with Crippen LogP contribution in [0.1, 0.15) is 19.4 Å². The zero-order chi connectivity index (χ0) is 35.5. The van der Waals surface area contributed by atoms with Crippen molar-refractivity contribution in [3.05, 3.63) is 151 Å². The molecule has 0 aliphatic heterocycles. The van der Waals surface area contributed by atoms with Crippen LogP contribution in [0.2, 0.25) is 0 Å². The number of aryl methyl sites for hydroxylation is 2. The Hall–Kier alpha value is -6.54. The van der Waals surface area contributed by atoms with Gasteiger partial charge in [0.15, 0.2) is 0 Å². The quantitative estimate of drug-likeness (QED) is 0.176. The number of carbonyl (C=O) groups is 2. The second-order valence-corrected chi connectivity index (χ2v) is 12.2. The van der Waals surface area contributed by atoms with Gasteiger partial charge in [0.2, 0.25) is 0 Å². The van der Waals surface area contributed by atoms with Crippen molar-refractivity contribution in [1.29, 1.82) is 0 Å². The van der Waals surface area contributed by atoms with E-state index in [0.717, 1.165) is 51.2 Å². The first kappa shape index (κ1) is 33.0. The largest absolute Gasteiger partial charge is 0.465 e. The molecule has 2 N–H and O–H groups in total. The third-order valence-electron chi connectivity index (χ3n) is 9.33. The van der Waals surface area contributed by atoms with Crippen LogP contribution in [-0.2, 0) is 19.6 Å². The van der Waals surface area contributed by atoms with E-state index in [1.807, 2.05) is 109 Å². The van der Waals surface area contributed by atoms with E-state index < -0.39 is 12.2 Å². The molecule has 0 fully saturated rings. The van der Waals surface area contributed by atoms with Crippen LogP contribution in [0.3, 0.4) is 0 Å². The lowest BCUT2D eigenvalue weighted by Crippen LogP contribution is -2.28. The van der Waals surface area contributed by atoms with Gasteiger partial charge in [0, 0.05) is 62.4 Å². The van der Waals surface area contributed by atoms with Gasteiger partial charge in [-0.25, -0.2) is 14.5 Å². The SMILES string of the molecule is CCn1c2ccccc2c2cc(N(C(=O)O)c3ccccc3)ccc21.CCn1c2ccccc2c2cc(N(Cc3ccccc3)C(=O)O)ccc21. The summed E-state index contributed by atoms with van der Waals surface area (Å²) in [5.41, 5.74) is 7.51. The molecule has 0 bridgehead atoms. The van der Waals surface area contributed by atoms with Crippen LogP contribution in [-0.4, -0.2) is 31.5 Å². The van der Waals surface area contributed by atoms with Crippen molar-refractivity contribution >= 4 is 72.9 Å². The summed E-state index contributed by atoms with van der Waals surface area (Å²) < 4.78 is 4.51. The summed E-state index contributed by atoms with van der Waals surface area (Å²) in [7, 11) is 0. The maximum Gasteiger partial charge on any atom is 0.416 e. The number of hydrogen-bond donors (Lipinski definition) is 2. The molecule has 0 unspecified atom stereocenters. The number of benzene rings is 6. The summed E-state index contributed by atoms with van der Waals surface area (Å²) in [5, 5.41) is 23.9. The molecule has 0 spiro atoms. The monoisotopic (exact) mass is 674 g/mol. The molecule has 0 aliphatic rings. The summed E-state index contributed by atoms with van der Waals surface area (Å²) in [6.07, 6.45) is -1.95. The molecule has 8 heteroatoms. The minimum Gasteiger partial charge on any atom is -0.465 e. The number of para-hydroxylation sites is 3. The van der Waals surface area contributed by atoms with Crippen molar-refractivity contribution < 1.29 is 19.8 Å². The van der Waals surface area contributed by atoms with Crippen molar-refractivity contribution in [2.45, 2.75) is 33.5 Å². The van der Waals surface area contributed by atoms with Gasteiger partial charge in [-0.15, -0.1) is 0 Å². The molecule has 8 nitrogen and oxygen atoms in total. The van der Waals surface area contributed by atoms with Gasteiger partial charge in [-0.05, 0) is 80.1 Å². The Kier molecular flexibility index (Phi) is 9.14. The lowest BCUT2D eigenvalue weighted by atomic mass is 10.1. The predicted molar refractivity (Wildman–Crippen MR) is 207 cm³/mol. The van der Waals surface area contributed by atoms with Crippen molar-refractivity contribution in [3.8, 4) is 0 Å². The molecule has 8 aromatic rings. The van der Waals surface area contributed by atoms with Crippen LogP contribution in [0.15, 0.2) is 146 Å². The molecule has 2 amide bonds. The van der Waals surface area contributed by atoms with Crippen LogP contribution in [0.25, 0.3) is 43.6 Å². The molecule has 0 saturated heterocycles. The minimum absolute atomic E-state index is 0.327. The highest BCUT2D eigenvalue weighted by Crippen LogP contribution is 2.35. The lowest BCUT2D eigenvalue weighted by Gasteiger charge is -2.19. The number of anilines is 3. The maximum atomic E-state index is 11.9. The molecule has 0 atom stereocenters. The fourth-order valence-electron chi connectivity index (χ4n) is 7.05. The molecule has 2 heterocycles. The molecular weight excluding hydrogens is 636 g/mol. The first-order chi connectivity index (χ1) is 24.9. The Morgan fingerprint density at radius 3 is 1.45 bits per heavy atom. The molecule has 6 aromatic carbocycles. The van der Waals surface area contributed by atoms with E-state index in [2.05, 4.69) is 47.2 Å². The van der Waals surface area contributed by atoms with E-state index in [-0.39, 0.29) is 0 Å². The molecule has 0 aliphatic carbocycles. The van der Waals surface area contributed by atoms with Crippen molar-refractivity contribution in [3.63, 3.8) is 0 Å². The van der Waals surface area contributed by atoms with E-state index in [0.29, 0.717) is 23.6 Å². The summed E-state index contributed by atoms with van der Waals surface area (Å²) in [6.45, 7) is 6.31. The number of amides is 2. The second kappa shape index (κ2) is 14.1. The highest BCUT2D eigenvalue weighted by Gasteiger charge is 2.20. The third kappa shape index (κ3) is 6.24. The Morgan fingerprint density at radius 1 is 0.490 bits per heavy atom. The van der Waals surface area contributed by atoms with E-state index in [9.17, 15) is 19.8 Å². The zero-order valence-corrected chi connectivity index (χ0v) is 28.5. The highest BCUT2D eigenvalue weighted by atomic mass is 16.4. The number of fused-ring (bicyclic) bond motifs is 6. The van der Waals surface area contributed by atoms with E-state index >= 15 is 0 Å². The minimum atomic E-state index is -0.996. The molecule has 254 valence electrons. The van der Waals surface area contributed by atoms with Gasteiger partial charge in [0.05, 0.1) is 17.9 Å². The first-order valence-corrected chi connectivity index (χ1v) is 17.0. The molecule has 8 rings (SSSR count). The standard InChI is InChI=1S/C22H20N2O2.C21H18N2O2/c1-2-23-20-11-7-6-10-18(20)19-14-17(12-13-21(19)23)24(22(25)26)15-16-8-4-3-5-9-16;1-2-22-19-11-7-6-10-17(19)18-14-16(12-13-20(18)22)23(21(24)25)15-8-4-3-5-9-15/h3-14H,2,15H2,1H3,(H,25,26);3-14H,2H2,1H3,(H,24,25). The van der Waals surface area contributed by atoms with Gasteiger partial charge in [0.25, 0.3) is 0 Å². The third-order valence-corrected chi connectivity index (χ3v) is 9.33. The van der Waals surface area contributed by atoms with Gasteiger partial charge in [-0.2, -0.15) is 0 Å². The Bertz CT molecular complexity index is 2500. The first-order valence-electron chi connectivity index (χ1n) is 17.0. The van der Waals surface area contributed by atoms with E-state index in [4.69, 9.17) is 0 Å². The normalized spacial score (nSPS) is 11.1. The number of aromatic nitrogens is 2. The van der Waals surface area contributed by atoms with Crippen LogP contribution in [0, 0.1) is 0 Å². The van der Waals surface area contributed by atoms with Crippen LogP contribution in [0.4, 0.5) is 26.7 Å². The number of rotatable bonds is 7. The van der Waals surface area contributed by atoms with Crippen LogP contribution < -0.4 is 9.80 Å². The van der Waals surface area contributed by atoms with Crippen molar-refractivity contribution in [2.24, 2.45) is 0 Å². The van der Waals surface area contributed by atoms with Crippen molar-refractivity contribution in [2.75, 3.05) is 9.80 Å². The molecule has 2 aromatic heterocycles. The molecular formula is C43H38N4O4. The number of nitrogens with zero attached hydrogens (tertiary/aromatic N) is 4. The average Bonchev–Trinajstić information content (AvgIpc) is 3.66. The average molecular weight is 675 g/mol. The van der Waals surface area contributed by atoms with Crippen molar-refractivity contribution in [1.82, 2.24) is 9.13 Å². The molecule has 51 heavy (non-hydrogen) atoms. The van der Waals surface area contributed by atoms with Gasteiger partial charge < -0.3 is 19.3 Å². The summed E-state index contributed by atoms with van der Waals surface area (Å²) >= 11 is 0. The number of carboxylic acid groups (broad SMARTS) is 2. The van der Waals surface area contributed by atoms with Crippen LogP contribution >= 0.6 is 0 Å². The Labute approximate surface area is 295 Å². The summed E-state index contributed by atoms with van der Waals surface area (Å²) in [5.74, 6) is 0. The molecule has 0 radical (unpaired) electrons. The Balaban J connectivity index is 0.000000159. The lowest BCUT2D eigenvalue weighted by molar-refractivity contribution is 0.201. The Morgan fingerprint density at radius 2 is 0.941 bits per heavy atom. The fraction of sp³-hybridized carbons (Fsp3) is 0.116. The number of hydrogen-bond acceptors (Lipinski definition) is 2. The molecule has 0 saturated carbocycles. The topological polar surface area (TPSA) is 90.9 Å².